The number of aliphatic hydroxyl groups excluding tert-OH is 1. The second-order valence-electron chi connectivity index (χ2n) is 4.58. The Kier molecular flexibility index (Phi) is 8.73. The lowest BCUT2D eigenvalue weighted by molar-refractivity contribution is 0.106. The molecule has 3 nitrogen and oxygen atoms in total. The molecule has 0 bridgehead atoms. The van der Waals surface area contributed by atoms with Gasteiger partial charge in [0.1, 0.15) is 18.5 Å². The number of hydrogen-bond donors (Lipinski definition) is 2. The summed E-state index contributed by atoms with van der Waals surface area (Å²) in [5.41, 5.74) is 0. The number of aliphatic hydroxyl groups is 1. The average Bonchev–Trinajstić information content (AvgIpc) is 2.44. The van der Waals surface area contributed by atoms with Crippen molar-refractivity contribution in [2.24, 2.45) is 0 Å². The van der Waals surface area contributed by atoms with Crippen LogP contribution in [0.15, 0.2) is 18.2 Å². The van der Waals surface area contributed by atoms with Crippen LogP contribution in [0.5, 0.6) is 5.75 Å². The number of nitrogens with one attached hydrogen (secondary N) is 1. The number of benzene rings is 1. The van der Waals surface area contributed by atoms with Gasteiger partial charge in [0, 0.05) is 22.9 Å². The van der Waals surface area contributed by atoms with Crippen LogP contribution in [-0.4, -0.2) is 42.4 Å². The summed E-state index contributed by atoms with van der Waals surface area (Å²) in [5, 5.41) is 14.7. The van der Waals surface area contributed by atoms with Gasteiger partial charge in [-0.25, -0.2) is 0 Å². The zero-order chi connectivity index (χ0) is 15.0. The van der Waals surface area contributed by atoms with Gasteiger partial charge in [-0.05, 0) is 31.4 Å². The van der Waals surface area contributed by atoms with Crippen LogP contribution in [-0.2, 0) is 0 Å². The molecule has 0 saturated carbocycles. The first kappa shape index (κ1) is 17.9. The van der Waals surface area contributed by atoms with Gasteiger partial charge in [-0.3, -0.25) is 0 Å². The van der Waals surface area contributed by atoms with Crippen LogP contribution >= 0.6 is 35.0 Å². The van der Waals surface area contributed by atoms with E-state index in [9.17, 15) is 5.11 Å². The first-order valence-electron chi connectivity index (χ1n) is 6.52. The van der Waals surface area contributed by atoms with Crippen molar-refractivity contribution in [2.75, 3.05) is 26.0 Å². The van der Waals surface area contributed by atoms with E-state index in [2.05, 4.69) is 18.5 Å². The number of rotatable bonds is 9. The van der Waals surface area contributed by atoms with Crippen molar-refractivity contribution in [3.05, 3.63) is 28.2 Å². The molecule has 0 fully saturated rings. The van der Waals surface area contributed by atoms with E-state index in [4.69, 9.17) is 27.9 Å². The Balaban J connectivity index is 2.22. The predicted molar refractivity (Wildman–Crippen MR) is 88.4 cm³/mol. The van der Waals surface area contributed by atoms with Crippen molar-refractivity contribution in [1.29, 1.82) is 0 Å². The molecule has 2 N–H and O–H groups in total. The van der Waals surface area contributed by atoms with Crippen molar-refractivity contribution >= 4 is 35.0 Å². The zero-order valence-electron chi connectivity index (χ0n) is 11.7. The fourth-order valence-corrected chi connectivity index (χ4v) is 2.21. The van der Waals surface area contributed by atoms with Crippen LogP contribution in [0, 0.1) is 0 Å². The Morgan fingerprint density at radius 2 is 2.15 bits per heavy atom. The van der Waals surface area contributed by atoms with E-state index in [1.54, 1.807) is 18.2 Å². The van der Waals surface area contributed by atoms with Crippen LogP contribution in [0.3, 0.4) is 0 Å². The Morgan fingerprint density at radius 3 is 2.85 bits per heavy atom. The highest BCUT2D eigenvalue weighted by molar-refractivity contribution is 7.99. The van der Waals surface area contributed by atoms with Gasteiger partial charge in [0.15, 0.2) is 0 Å². The summed E-state index contributed by atoms with van der Waals surface area (Å²) in [6.07, 6.45) is 2.60. The van der Waals surface area contributed by atoms with Crippen molar-refractivity contribution in [1.82, 2.24) is 5.32 Å². The molecular weight excluding hydrogens is 317 g/mol. The summed E-state index contributed by atoms with van der Waals surface area (Å²) in [6, 6.07) is 5.01. The number of ether oxygens (including phenoxy) is 1. The topological polar surface area (TPSA) is 41.5 Å². The molecule has 0 heterocycles. The van der Waals surface area contributed by atoms with Crippen LogP contribution in [0.1, 0.15) is 13.3 Å². The minimum absolute atomic E-state index is 0.186. The van der Waals surface area contributed by atoms with E-state index < -0.39 is 6.10 Å². The molecule has 0 amide bonds. The SMILES string of the molecule is CSC(C)CCNCC(O)COc1cc(Cl)ccc1Cl. The van der Waals surface area contributed by atoms with Crippen molar-refractivity contribution < 1.29 is 9.84 Å². The molecule has 0 aliphatic heterocycles. The lowest BCUT2D eigenvalue weighted by atomic mass is 10.3. The molecule has 0 radical (unpaired) electrons. The van der Waals surface area contributed by atoms with Crippen LogP contribution in [0.25, 0.3) is 0 Å². The van der Waals surface area contributed by atoms with E-state index >= 15 is 0 Å². The average molecular weight is 338 g/mol. The Labute approximate surface area is 135 Å². The molecule has 0 aliphatic rings. The Morgan fingerprint density at radius 1 is 1.40 bits per heavy atom. The molecule has 2 unspecified atom stereocenters. The van der Waals surface area contributed by atoms with Gasteiger partial charge in [-0.15, -0.1) is 0 Å². The van der Waals surface area contributed by atoms with Crippen LogP contribution < -0.4 is 10.1 Å². The highest BCUT2D eigenvalue weighted by atomic mass is 35.5. The molecular formula is C14H21Cl2NO2S. The first-order valence-corrected chi connectivity index (χ1v) is 8.56. The first-order chi connectivity index (χ1) is 9.52. The molecule has 6 heteroatoms. The highest BCUT2D eigenvalue weighted by Crippen LogP contribution is 2.27. The van der Waals surface area contributed by atoms with Gasteiger partial charge in [0.2, 0.25) is 0 Å². The fraction of sp³-hybridized carbons (Fsp3) is 0.571. The fourth-order valence-electron chi connectivity index (χ4n) is 1.52. The number of hydrogen-bond acceptors (Lipinski definition) is 4. The Hall–Kier alpha value is -0.130. The maximum Gasteiger partial charge on any atom is 0.139 e. The zero-order valence-corrected chi connectivity index (χ0v) is 14.1. The lowest BCUT2D eigenvalue weighted by Gasteiger charge is -2.15. The van der Waals surface area contributed by atoms with E-state index in [-0.39, 0.29) is 6.61 Å². The third-order valence-corrected chi connectivity index (χ3v) is 4.42. The minimum Gasteiger partial charge on any atom is -0.489 e. The summed E-state index contributed by atoms with van der Waals surface area (Å²) in [5.74, 6) is 0.495. The molecule has 0 saturated heterocycles. The molecule has 0 aromatic heterocycles. The van der Waals surface area contributed by atoms with Gasteiger partial charge in [0.25, 0.3) is 0 Å². The monoisotopic (exact) mass is 337 g/mol. The third kappa shape index (κ3) is 7.04. The van der Waals surface area contributed by atoms with Crippen molar-refractivity contribution in [3.8, 4) is 5.75 Å². The smallest absolute Gasteiger partial charge is 0.139 e. The second-order valence-corrected chi connectivity index (χ2v) is 6.70. The number of thioether (sulfide) groups is 1. The quantitative estimate of drug-likeness (QED) is 0.677. The third-order valence-electron chi connectivity index (χ3n) is 2.83. The van der Waals surface area contributed by atoms with E-state index in [0.29, 0.717) is 27.6 Å². The maximum atomic E-state index is 9.82. The molecule has 0 spiro atoms. The Bertz CT molecular complexity index is 407. The summed E-state index contributed by atoms with van der Waals surface area (Å²) in [4.78, 5) is 0. The molecule has 0 aliphatic carbocycles. The van der Waals surface area contributed by atoms with Gasteiger partial charge >= 0.3 is 0 Å². The van der Waals surface area contributed by atoms with Crippen molar-refractivity contribution in [3.63, 3.8) is 0 Å². The minimum atomic E-state index is -0.574. The van der Waals surface area contributed by atoms with Crippen LogP contribution in [0.2, 0.25) is 10.0 Å². The number of halogens is 2. The second kappa shape index (κ2) is 9.74. The van der Waals surface area contributed by atoms with E-state index in [1.165, 1.54) is 0 Å². The van der Waals surface area contributed by atoms with E-state index in [1.807, 2.05) is 11.8 Å². The standard InChI is InChI=1S/C14H21Cl2NO2S/c1-10(20-2)5-6-17-8-12(18)9-19-14-7-11(15)3-4-13(14)16/h3-4,7,10,12,17-18H,5-6,8-9H2,1-2H3. The van der Waals surface area contributed by atoms with Crippen molar-refractivity contribution in [2.45, 2.75) is 24.7 Å². The molecule has 20 heavy (non-hydrogen) atoms. The van der Waals surface area contributed by atoms with Crippen LogP contribution in [0.4, 0.5) is 0 Å². The maximum absolute atomic E-state index is 9.82. The predicted octanol–water partition coefficient (Wildman–Crippen LogP) is 3.46. The molecule has 2 atom stereocenters. The van der Waals surface area contributed by atoms with Gasteiger partial charge in [-0.1, -0.05) is 30.1 Å². The summed E-state index contributed by atoms with van der Waals surface area (Å²) in [7, 11) is 0. The summed E-state index contributed by atoms with van der Waals surface area (Å²) >= 11 is 13.7. The van der Waals surface area contributed by atoms with Gasteiger partial charge in [-0.2, -0.15) is 11.8 Å². The summed E-state index contributed by atoms with van der Waals surface area (Å²) in [6.45, 7) is 3.76. The van der Waals surface area contributed by atoms with E-state index in [0.717, 1.165) is 13.0 Å². The molecule has 114 valence electrons. The highest BCUT2D eigenvalue weighted by Gasteiger charge is 2.08. The summed E-state index contributed by atoms with van der Waals surface area (Å²) < 4.78 is 5.47. The molecule has 1 rings (SSSR count). The van der Waals surface area contributed by atoms with Gasteiger partial charge in [0.05, 0.1) is 5.02 Å². The normalized spacial score (nSPS) is 14.1. The molecule has 1 aromatic rings. The lowest BCUT2D eigenvalue weighted by Crippen LogP contribution is -2.32. The largest absolute Gasteiger partial charge is 0.489 e. The molecule has 1 aromatic carbocycles. The van der Waals surface area contributed by atoms with Gasteiger partial charge < -0.3 is 15.2 Å².